The average molecular weight is 332 g/mol. The maximum atomic E-state index is 12.4. The van der Waals surface area contributed by atoms with Crippen LogP contribution in [0.15, 0.2) is 18.2 Å². The molecule has 0 spiro atoms. The van der Waals surface area contributed by atoms with E-state index in [0.717, 1.165) is 12.0 Å². The molecule has 0 bridgehead atoms. The van der Waals surface area contributed by atoms with Gasteiger partial charge in [-0.25, -0.2) is 0 Å². The van der Waals surface area contributed by atoms with Crippen LogP contribution in [-0.4, -0.2) is 51.5 Å². The first kappa shape index (κ1) is 17.9. The molecule has 4 nitrogen and oxygen atoms in total. The van der Waals surface area contributed by atoms with E-state index in [1.54, 1.807) is 14.2 Å². The molecule has 1 heterocycles. The Morgan fingerprint density at radius 2 is 2.04 bits per heavy atom. The van der Waals surface area contributed by atoms with Crippen LogP contribution in [0.5, 0.6) is 11.5 Å². The van der Waals surface area contributed by atoms with Gasteiger partial charge in [0.05, 0.1) is 20.8 Å². The summed E-state index contributed by atoms with van der Waals surface area (Å²) in [5.74, 6) is 1.60. The van der Waals surface area contributed by atoms with Gasteiger partial charge in [0, 0.05) is 18.7 Å². The number of halogens is 3. The summed E-state index contributed by atoms with van der Waals surface area (Å²) in [6, 6.07) is 5.66. The summed E-state index contributed by atoms with van der Waals surface area (Å²) in [5.41, 5.74) is 0.969. The predicted octanol–water partition coefficient (Wildman–Crippen LogP) is 2.68. The monoisotopic (exact) mass is 332 g/mol. The van der Waals surface area contributed by atoms with Gasteiger partial charge in [-0.05, 0) is 31.5 Å². The van der Waals surface area contributed by atoms with Crippen molar-refractivity contribution in [1.82, 2.24) is 10.2 Å². The van der Waals surface area contributed by atoms with Crippen molar-refractivity contribution in [2.75, 3.05) is 40.4 Å². The fraction of sp³-hybridized carbons (Fsp3) is 0.625. The van der Waals surface area contributed by atoms with Gasteiger partial charge < -0.3 is 14.8 Å². The standard InChI is InChI=1S/C16H23F3N2O2/c1-22-14-5-3-4-13(15(14)23-2)9-20-8-12-6-7-21(10-12)11-16(17,18)19/h3-5,12,20H,6-11H2,1-2H3/t12-/m0/s1. The Kier molecular flexibility index (Phi) is 6.12. The van der Waals surface area contributed by atoms with Gasteiger partial charge in [-0.1, -0.05) is 12.1 Å². The highest BCUT2D eigenvalue weighted by Gasteiger charge is 2.34. The number of alkyl halides is 3. The number of nitrogens with one attached hydrogen (secondary N) is 1. The summed E-state index contributed by atoms with van der Waals surface area (Å²) < 4.78 is 47.8. The van der Waals surface area contributed by atoms with E-state index in [1.165, 1.54) is 4.90 Å². The second-order valence-corrected chi connectivity index (χ2v) is 5.79. The van der Waals surface area contributed by atoms with Crippen LogP contribution in [0.4, 0.5) is 13.2 Å². The van der Waals surface area contributed by atoms with Crippen LogP contribution in [0.1, 0.15) is 12.0 Å². The van der Waals surface area contributed by atoms with E-state index >= 15 is 0 Å². The molecule has 0 radical (unpaired) electrons. The van der Waals surface area contributed by atoms with Gasteiger partial charge in [-0.2, -0.15) is 13.2 Å². The summed E-state index contributed by atoms with van der Waals surface area (Å²) in [6.45, 7) is 1.47. The van der Waals surface area contributed by atoms with Crippen molar-refractivity contribution in [3.05, 3.63) is 23.8 Å². The number of hydrogen-bond acceptors (Lipinski definition) is 4. The number of methoxy groups -OCH3 is 2. The summed E-state index contributed by atoms with van der Waals surface area (Å²) in [7, 11) is 3.18. The van der Waals surface area contributed by atoms with E-state index in [0.29, 0.717) is 37.7 Å². The van der Waals surface area contributed by atoms with Crippen LogP contribution >= 0.6 is 0 Å². The van der Waals surface area contributed by atoms with E-state index < -0.39 is 12.7 Å². The highest BCUT2D eigenvalue weighted by atomic mass is 19.4. The maximum absolute atomic E-state index is 12.4. The van der Waals surface area contributed by atoms with Gasteiger partial charge in [-0.15, -0.1) is 0 Å². The van der Waals surface area contributed by atoms with E-state index in [9.17, 15) is 13.2 Å². The number of rotatable bonds is 7. The first-order valence-corrected chi connectivity index (χ1v) is 7.62. The third kappa shape index (κ3) is 5.28. The summed E-state index contributed by atoms with van der Waals surface area (Å²) >= 11 is 0. The lowest BCUT2D eigenvalue weighted by Gasteiger charge is -2.18. The van der Waals surface area contributed by atoms with Crippen LogP contribution in [0.2, 0.25) is 0 Å². The molecule has 0 saturated carbocycles. The Hall–Kier alpha value is -1.47. The normalized spacial score (nSPS) is 19.1. The predicted molar refractivity (Wildman–Crippen MR) is 81.9 cm³/mol. The lowest BCUT2D eigenvalue weighted by Crippen LogP contribution is -2.33. The molecule has 7 heteroatoms. The van der Waals surface area contributed by atoms with Gasteiger partial charge in [0.25, 0.3) is 0 Å². The van der Waals surface area contributed by atoms with E-state index in [4.69, 9.17) is 9.47 Å². The Morgan fingerprint density at radius 3 is 2.70 bits per heavy atom. The molecule has 1 aliphatic rings. The molecule has 1 saturated heterocycles. The molecule has 130 valence electrons. The second kappa shape index (κ2) is 7.88. The van der Waals surface area contributed by atoms with Crippen LogP contribution in [-0.2, 0) is 6.54 Å². The summed E-state index contributed by atoms with van der Waals surface area (Å²) in [5, 5.41) is 3.31. The van der Waals surface area contributed by atoms with Crippen molar-refractivity contribution in [3.8, 4) is 11.5 Å². The van der Waals surface area contributed by atoms with E-state index in [-0.39, 0.29) is 5.92 Å². The number of para-hydroxylation sites is 1. The SMILES string of the molecule is COc1cccc(CNC[C@@H]2CCN(CC(F)(F)F)C2)c1OC. The largest absolute Gasteiger partial charge is 0.493 e. The lowest BCUT2D eigenvalue weighted by molar-refractivity contribution is -0.143. The number of benzene rings is 1. The van der Waals surface area contributed by atoms with Crippen molar-refractivity contribution < 1.29 is 22.6 Å². The minimum absolute atomic E-state index is 0.244. The minimum Gasteiger partial charge on any atom is -0.493 e. The lowest BCUT2D eigenvalue weighted by atomic mass is 10.1. The second-order valence-electron chi connectivity index (χ2n) is 5.79. The number of likely N-dealkylation sites (tertiary alicyclic amines) is 1. The third-order valence-corrected chi connectivity index (χ3v) is 4.01. The minimum atomic E-state index is -4.11. The zero-order valence-electron chi connectivity index (χ0n) is 13.4. The maximum Gasteiger partial charge on any atom is 0.401 e. The number of ether oxygens (including phenoxy) is 2. The molecular formula is C16H23F3N2O2. The fourth-order valence-corrected chi connectivity index (χ4v) is 2.98. The Morgan fingerprint density at radius 1 is 1.26 bits per heavy atom. The quantitative estimate of drug-likeness (QED) is 0.832. The molecule has 1 N–H and O–H groups in total. The van der Waals surface area contributed by atoms with Gasteiger partial charge in [0.15, 0.2) is 11.5 Å². The first-order valence-electron chi connectivity index (χ1n) is 7.62. The van der Waals surface area contributed by atoms with Crippen molar-refractivity contribution in [3.63, 3.8) is 0 Å². The number of nitrogens with zero attached hydrogens (tertiary/aromatic N) is 1. The summed E-state index contributed by atoms with van der Waals surface area (Å²) in [6.07, 6.45) is -3.32. The Bertz CT molecular complexity index is 509. The molecule has 1 fully saturated rings. The van der Waals surface area contributed by atoms with E-state index in [1.807, 2.05) is 18.2 Å². The molecule has 0 amide bonds. The van der Waals surface area contributed by atoms with Crippen LogP contribution in [0, 0.1) is 5.92 Å². The summed E-state index contributed by atoms with van der Waals surface area (Å²) in [4.78, 5) is 1.47. The first-order chi connectivity index (χ1) is 10.9. The average Bonchev–Trinajstić information content (AvgIpc) is 2.92. The van der Waals surface area contributed by atoms with Crippen LogP contribution in [0.25, 0.3) is 0 Å². The Balaban J connectivity index is 1.80. The van der Waals surface area contributed by atoms with Crippen molar-refractivity contribution in [1.29, 1.82) is 0 Å². The van der Waals surface area contributed by atoms with Gasteiger partial charge in [-0.3, -0.25) is 4.90 Å². The molecule has 0 unspecified atom stereocenters. The van der Waals surface area contributed by atoms with Gasteiger partial charge in [0.1, 0.15) is 0 Å². The molecule has 23 heavy (non-hydrogen) atoms. The van der Waals surface area contributed by atoms with Crippen molar-refractivity contribution >= 4 is 0 Å². The fourth-order valence-electron chi connectivity index (χ4n) is 2.98. The highest BCUT2D eigenvalue weighted by molar-refractivity contribution is 5.46. The molecular weight excluding hydrogens is 309 g/mol. The zero-order chi connectivity index (χ0) is 16.9. The molecule has 0 aromatic heterocycles. The third-order valence-electron chi connectivity index (χ3n) is 4.01. The highest BCUT2D eigenvalue weighted by Crippen LogP contribution is 2.30. The van der Waals surface area contributed by atoms with E-state index in [2.05, 4.69) is 5.32 Å². The molecule has 1 aromatic rings. The van der Waals surface area contributed by atoms with Crippen LogP contribution < -0.4 is 14.8 Å². The molecule has 1 aromatic carbocycles. The molecule has 1 atom stereocenters. The van der Waals surface area contributed by atoms with Crippen molar-refractivity contribution in [2.24, 2.45) is 5.92 Å². The number of hydrogen-bond donors (Lipinski definition) is 1. The molecule has 0 aliphatic carbocycles. The molecule has 1 aliphatic heterocycles. The Labute approximate surface area is 134 Å². The zero-order valence-corrected chi connectivity index (χ0v) is 13.4. The van der Waals surface area contributed by atoms with Crippen LogP contribution in [0.3, 0.4) is 0 Å². The topological polar surface area (TPSA) is 33.7 Å². The van der Waals surface area contributed by atoms with Crippen molar-refractivity contribution in [2.45, 2.75) is 19.1 Å². The van der Waals surface area contributed by atoms with Gasteiger partial charge in [0.2, 0.25) is 0 Å². The smallest absolute Gasteiger partial charge is 0.401 e. The molecule has 2 rings (SSSR count). The van der Waals surface area contributed by atoms with Gasteiger partial charge >= 0.3 is 6.18 Å².